The van der Waals surface area contributed by atoms with Gasteiger partial charge >= 0.3 is 0 Å². The minimum Gasteiger partial charge on any atom is -0.497 e. The predicted molar refractivity (Wildman–Crippen MR) is 141 cm³/mol. The molecule has 3 N–H and O–H groups in total. The number of aromatic nitrogens is 1. The van der Waals surface area contributed by atoms with Crippen molar-refractivity contribution >= 4 is 28.2 Å². The number of aromatic amines is 1. The number of hydrogen-bond donors (Lipinski definition) is 3. The Morgan fingerprint density at radius 1 is 0.946 bits per heavy atom. The number of anilines is 2. The van der Waals surface area contributed by atoms with Crippen molar-refractivity contribution < 1.29 is 28.1 Å². The van der Waals surface area contributed by atoms with Crippen LogP contribution in [0, 0.1) is 12.7 Å². The van der Waals surface area contributed by atoms with Gasteiger partial charge in [0, 0.05) is 41.5 Å². The van der Waals surface area contributed by atoms with Crippen LogP contribution >= 0.6 is 0 Å². The maximum Gasteiger partial charge on any atom is 0.253 e. The van der Waals surface area contributed by atoms with E-state index in [1.54, 1.807) is 19.2 Å². The fraction of sp³-hybridized carbons (Fsp3) is 0.250. The van der Waals surface area contributed by atoms with Gasteiger partial charge < -0.3 is 34.6 Å². The van der Waals surface area contributed by atoms with E-state index >= 15 is 0 Å². The van der Waals surface area contributed by atoms with Gasteiger partial charge in [0.2, 0.25) is 5.75 Å². The lowest BCUT2D eigenvalue weighted by Gasteiger charge is -2.17. The second-order valence-electron chi connectivity index (χ2n) is 8.42. The van der Waals surface area contributed by atoms with Crippen molar-refractivity contribution in [2.24, 2.45) is 0 Å². The van der Waals surface area contributed by atoms with Crippen LogP contribution in [0.1, 0.15) is 21.5 Å². The van der Waals surface area contributed by atoms with Crippen LogP contribution in [0.15, 0.2) is 48.7 Å². The van der Waals surface area contributed by atoms with Gasteiger partial charge in [-0.3, -0.25) is 4.79 Å². The van der Waals surface area contributed by atoms with Crippen molar-refractivity contribution in [3.63, 3.8) is 0 Å². The van der Waals surface area contributed by atoms with Crippen molar-refractivity contribution in [3.8, 4) is 23.0 Å². The van der Waals surface area contributed by atoms with Crippen molar-refractivity contribution in [2.45, 2.75) is 13.3 Å². The van der Waals surface area contributed by atoms with Crippen molar-refractivity contribution in [3.05, 3.63) is 71.2 Å². The third-order valence-corrected chi connectivity index (χ3v) is 6.13. The minimum atomic E-state index is -0.477. The van der Waals surface area contributed by atoms with Crippen LogP contribution in [0.4, 0.5) is 15.8 Å². The molecule has 0 saturated carbocycles. The summed E-state index contributed by atoms with van der Waals surface area (Å²) in [5.41, 5.74) is 4.33. The van der Waals surface area contributed by atoms with Crippen LogP contribution < -0.4 is 29.6 Å². The first kappa shape index (κ1) is 25.7. The Hall–Kier alpha value is -4.40. The number of carbonyl (C=O) groups excluding carboxylic acids is 1. The zero-order valence-electron chi connectivity index (χ0n) is 21.5. The van der Waals surface area contributed by atoms with E-state index < -0.39 is 5.82 Å². The maximum absolute atomic E-state index is 14.1. The molecule has 1 amide bonds. The third kappa shape index (κ3) is 5.40. The summed E-state index contributed by atoms with van der Waals surface area (Å²) in [5.74, 6) is 1.26. The second kappa shape index (κ2) is 11.1. The second-order valence-corrected chi connectivity index (χ2v) is 8.42. The molecule has 0 saturated heterocycles. The Morgan fingerprint density at radius 2 is 1.68 bits per heavy atom. The highest BCUT2D eigenvalue weighted by atomic mass is 19.1. The maximum atomic E-state index is 14.1. The average Bonchev–Trinajstić information content (AvgIpc) is 3.31. The highest BCUT2D eigenvalue weighted by Crippen LogP contribution is 2.41. The first-order valence-corrected chi connectivity index (χ1v) is 11.7. The van der Waals surface area contributed by atoms with E-state index in [2.05, 4.69) is 15.6 Å². The molecule has 4 rings (SSSR count). The standard InChI is InChI=1S/C28H30FN3O5/c1-16-10-20(34-2)14-22-17(15-31-26(16)22)8-9-30-28(33)21-7-6-18(29)11-23(21)32-19-12-24(35-3)27(37-5)25(13-19)36-4/h6-7,10-15,31-32H,8-9H2,1-5H3,(H,30,33). The number of hydrogen-bond acceptors (Lipinski definition) is 6. The lowest BCUT2D eigenvalue weighted by Crippen LogP contribution is -2.26. The zero-order valence-corrected chi connectivity index (χ0v) is 21.5. The van der Waals surface area contributed by atoms with E-state index in [1.165, 1.54) is 39.5 Å². The Balaban J connectivity index is 1.52. The molecule has 0 radical (unpaired) electrons. The summed E-state index contributed by atoms with van der Waals surface area (Å²) >= 11 is 0. The Morgan fingerprint density at radius 3 is 2.32 bits per heavy atom. The molecule has 9 heteroatoms. The van der Waals surface area contributed by atoms with E-state index in [4.69, 9.17) is 18.9 Å². The molecule has 1 heterocycles. The summed E-state index contributed by atoms with van der Waals surface area (Å²) in [6, 6.07) is 11.3. The van der Waals surface area contributed by atoms with Gasteiger partial charge in [0.15, 0.2) is 11.5 Å². The molecular weight excluding hydrogens is 477 g/mol. The fourth-order valence-corrected chi connectivity index (χ4v) is 4.29. The van der Waals surface area contributed by atoms with Crippen LogP contribution in [0.25, 0.3) is 10.9 Å². The normalized spacial score (nSPS) is 10.8. The number of rotatable bonds is 10. The molecule has 8 nitrogen and oxygen atoms in total. The smallest absolute Gasteiger partial charge is 0.253 e. The molecule has 0 spiro atoms. The number of halogens is 1. The molecule has 194 valence electrons. The van der Waals surface area contributed by atoms with Gasteiger partial charge in [-0.2, -0.15) is 0 Å². The Labute approximate surface area is 214 Å². The van der Waals surface area contributed by atoms with Crippen LogP contribution in [0.2, 0.25) is 0 Å². The highest BCUT2D eigenvalue weighted by molar-refractivity contribution is 6.00. The van der Waals surface area contributed by atoms with Crippen LogP contribution in [-0.2, 0) is 6.42 Å². The quantitative estimate of drug-likeness (QED) is 0.267. The molecule has 0 aliphatic heterocycles. The summed E-state index contributed by atoms with van der Waals surface area (Å²) in [6.45, 7) is 2.41. The molecular formula is C28H30FN3O5. The number of nitrogens with one attached hydrogen (secondary N) is 3. The van der Waals surface area contributed by atoms with Gasteiger partial charge in [0.1, 0.15) is 11.6 Å². The van der Waals surface area contributed by atoms with E-state index in [0.717, 1.165) is 27.8 Å². The number of carbonyl (C=O) groups is 1. The summed E-state index contributed by atoms with van der Waals surface area (Å²) in [7, 11) is 6.16. The number of aryl methyl sites for hydroxylation is 1. The number of H-pyrrole nitrogens is 1. The lowest BCUT2D eigenvalue weighted by molar-refractivity contribution is 0.0955. The first-order valence-electron chi connectivity index (χ1n) is 11.7. The molecule has 0 bridgehead atoms. The van der Waals surface area contributed by atoms with Crippen molar-refractivity contribution in [1.29, 1.82) is 0 Å². The summed E-state index contributed by atoms with van der Waals surface area (Å²) < 4.78 is 35.7. The SMILES string of the molecule is COc1cc(C)c2[nH]cc(CCNC(=O)c3ccc(F)cc3Nc3cc(OC)c(OC)c(OC)c3)c2c1. The van der Waals surface area contributed by atoms with Crippen LogP contribution in [-0.4, -0.2) is 45.9 Å². The molecule has 37 heavy (non-hydrogen) atoms. The highest BCUT2D eigenvalue weighted by Gasteiger charge is 2.17. The molecule has 0 unspecified atom stereocenters. The summed E-state index contributed by atoms with van der Waals surface area (Å²) in [5, 5.41) is 7.10. The molecule has 0 fully saturated rings. The van der Waals surface area contributed by atoms with Gasteiger partial charge in [-0.25, -0.2) is 4.39 Å². The monoisotopic (exact) mass is 507 g/mol. The topological polar surface area (TPSA) is 93.8 Å². The lowest BCUT2D eigenvalue weighted by atomic mass is 10.1. The van der Waals surface area contributed by atoms with Gasteiger partial charge in [0.05, 0.1) is 39.7 Å². The Bertz CT molecular complexity index is 1410. The van der Waals surface area contributed by atoms with Gasteiger partial charge in [-0.15, -0.1) is 0 Å². The summed E-state index contributed by atoms with van der Waals surface area (Å²) in [4.78, 5) is 16.4. The first-order chi connectivity index (χ1) is 17.9. The largest absolute Gasteiger partial charge is 0.497 e. The number of methoxy groups -OCH3 is 4. The zero-order chi connectivity index (χ0) is 26.5. The number of fused-ring (bicyclic) bond motifs is 1. The molecule has 0 aliphatic carbocycles. The third-order valence-electron chi connectivity index (χ3n) is 6.13. The van der Waals surface area contributed by atoms with Gasteiger partial charge in [0.25, 0.3) is 5.91 Å². The predicted octanol–water partition coefficient (Wildman–Crippen LogP) is 5.37. The number of amides is 1. The van der Waals surface area contributed by atoms with E-state index in [-0.39, 0.29) is 5.91 Å². The molecule has 4 aromatic rings. The van der Waals surface area contributed by atoms with Crippen LogP contribution in [0.3, 0.4) is 0 Å². The fourth-order valence-electron chi connectivity index (χ4n) is 4.29. The van der Waals surface area contributed by atoms with Crippen molar-refractivity contribution in [1.82, 2.24) is 10.3 Å². The van der Waals surface area contributed by atoms with Crippen molar-refractivity contribution in [2.75, 3.05) is 40.3 Å². The minimum absolute atomic E-state index is 0.298. The van der Waals surface area contributed by atoms with E-state index in [0.29, 0.717) is 47.2 Å². The van der Waals surface area contributed by atoms with E-state index in [9.17, 15) is 9.18 Å². The summed E-state index contributed by atoms with van der Waals surface area (Å²) in [6.07, 6.45) is 2.55. The number of benzene rings is 3. The Kier molecular flexibility index (Phi) is 7.71. The number of ether oxygens (including phenoxy) is 4. The van der Waals surface area contributed by atoms with Gasteiger partial charge in [-0.05, 0) is 54.8 Å². The van der Waals surface area contributed by atoms with Gasteiger partial charge in [-0.1, -0.05) is 0 Å². The molecule has 0 aliphatic rings. The van der Waals surface area contributed by atoms with Crippen LogP contribution in [0.5, 0.6) is 23.0 Å². The molecule has 1 aromatic heterocycles. The van der Waals surface area contributed by atoms with E-state index in [1.807, 2.05) is 25.3 Å². The average molecular weight is 508 g/mol. The molecule has 3 aromatic carbocycles. The molecule has 0 atom stereocenters.